The number of ether oxygens (including phenoxy) is 1. The van der Waals surface area contributed by atoms with Gasteiger partial charge in [-0.05, 0) is 43.3 Å². The Bertz CT molecular complexity index is 977. The molecular weight excluding hydrogens is 332 g/mol. The van der Waals surface area contributed by atoms with Crippen LogP contribution in [-0.2, 0) is 14.8 Å². The Morgan fingerprint density at radius 3 is 2.67 bits per heavy atom. The zero-order chi connectivity index (χ0) is 17.2. The standard InChI is InChI=1S/C16H14N2O5S/c1-2-22-16(19)11-3-5-12(6-4-11)18-24(20,21)13-7-8-14-15(9-13)23-10-17-14/h3-10,18H,2H2,1H3. The highest BCUT2D eigenvalue weighted by atomic mass is 32.2. The Labute approximate surface area is 138 Å². The van der Waals surface area contributed by atoms with Crippen LogP contribution >= 0.6 is 0 Å². The largest absolute Gasteiger partial charge is 0.462 e. The van der Waals surface area contributed by atoms with Crippen LogP contribution in [0.5, 0.6) is 0 Å². The Hall–Kier alpha value is -2.87. The van der Waals surface area contributed by atoms with Gasteiger partial charge in [0.15, 0.2) is 12.0 Å². The van der Waals surface area contributed by atoms with Crippen molar-refractivity contribution >= 4 is 32.8 Å². The van der Waals surface area contributed by atoms with Crippen molar-refractivity contribution in [2.24, 2.45) is 0 Å². The van der Waals surface area contributed by atoms with Gasteiger partial charge in [-0.3, -0.25) is 4.72 Å². The zero-order valence-electron chi connectivity index (χ0n) is 12.7. The maximum atomic E-state index is 12.4. The van der Waals surface area contributed by atoms with Gasteiger partial charge >= 0.3 is 5.97 Å². The number of nitrogens with one attached hydrogen (secondary N) is 1. The van der Waals surface area contributed by atoms with Crippen molar-refractivity contribution in [3.63, 3.8) is 0 Å². The predicted molar refractivity (Wildman–Crippen MR) is 87.2 cm³/mol. The quantitative estimate of drug-likeness (QED) is 0.713. The average molecular weight is 346 g/mol. The number of carbonyl (C=O) groups excluding carboxylic acids is 1. The summed E-state index contributed by atoms with van der Waals surface area (Å²) < 4.78 is 37.3. The lowest BCUT2D eigenvalue weighted by Crippen LogP contribution is -2.13. The second-order valence-electron chi connectivity index (χ2n) is 4.89. The predicted octanol–water partition coefficient (Wildman–Crippen LogP) is 2.81. The van der Waals surface area contributed by atoms with Gasteiger partial charge in [0.05, 0.1) is 17.1 Å². The van der Waals surface area contributed by atoms with Gasteiger partial charge in [-0.15, -0.1) is 0 Å². The summed E-state index contributed by atoms with van der Waals surface area (Å²) in [6.07, 6.45) is 1.25. The van der Waals surface area contributed by atoms with Crippen molar-refractivity contribution in [2.75, 3.05) is 11.3 Å². The fourth-order valence-corrected chi connectivity index (χ4v) is 3.18. The minimum absolute atomic E-state index is 0.0567. The van der Waals surface area contributed by atoms with E-state index in [1.807, 2.05) is 0 Å². The molecule has 8 heteroatoms. The summed E-state index contributed by atoms with van der Waals surface area (Å²) in [5.74, 6) is -0.456. The Kier molecular flexibility index (Phi) is 4.22. The topological polar surface area (TPSA) is 98.5 Å². The number of nitrogens with zero attached hydrogens (tertiary/aromatic N) is 1. The molecule has 3 aromatic rings. The van der Waals surface area contributed by atoms with Crippen molar-refractivity contribution < 1.29 is 22.4 Å². The van der Waals surface area contributed by atoms with Crippen LogP contribution in [0.1, 0.15) is 17.3 Å². The van der Waals surface area contributed by atoms with E-state index in [2.05, 4.69) is 9.71 Å². The Morgan fingerprint density at radius 2 is 1.96 bits per heavy atom. The molecule has 0 amide bonds. The van der Waals surface area contributed by atoms with Crippen molar-refractivity contribution in [1.29, 1.82) is 0 Å². The van der Waals surface area contributed by atoms with Crippen LogP contribution in [0.25, 0.3) is 11.1 Å². The van der Waals surface area contributed by atoms with Gasteiger partial charge in [0.25, 0.3) is 10.0 Å². The molecule has 0 saturated carbocycles. The first-order chi connectivity index (χ1) is 11.5. The lowest BCUT2D eigenvalue weighted by atomic mass is 10.2. The number of hydrogen-bond donors (Lipinski definition) is 1. The third-order valence-electron chi connectivity index (χ3n) is 3.26. The van der Waals surface area contributed by atoms with Gasteiger partial charge in [-0.25, -0.2) is 18.2 Å². The van der Waals surface area contributed by atoms with E-state index < -0.39 is 16.0 Å². The van der Waals surface area contributed by atoms with Gasteiger partial charge in [0.1, 0.15) is 5.52 Å². The third-order valence-corrected chi connectivity index (χ3v) is 4.64. The van der Waals surface area contributed by atoms with E-state index in [-0.39, 0.29) is 11.5 Å². The van der Waals surface area contributed by atoms with Gasteiger partial charge in [-0.2, -0.15) is 0 Å². The fraction of sp³-hybridized carbons (Fsp3) is 0.125. The molecule has 7 nitrogen and oxygen atoms in total. The molecule has 0 bridgehead atoms. The number of hydrogen-bond acceptors (Lipinski definition) is 6. The number of oxazole rings is 1. The lowest BCUT2D eigenvalue weighted by Gasteiger charge is -2.08. The van der Waals surface area contributed by atoms with E-state index in [0.717, 1.165) is 0 Å². The minimum Gasteiger partial charge on any atom is -0.462 e. The van der Waals surface area contributed by atoms with Crippen molar-refractivity contribution in [2.45, 2.75) is 11.8 Å². The molecule has 0 atom stereocenters. The summed E-state index contributed by atoms with van der Waals surface area (Å²) in [6, 6.07) is 10.4. The molecule has 0 unspecified atom stereocenters. The molecule has 0 aliphatic heterocycles. The van der Waals surface area contributed by atoms with Crippen LogP contribution in [0.3, 0.4) is 0 Å². The molecule has 1 N–H and O–H groups in total. The first-order valence-electron chi connectivity index (χ1n) is 7.13. The van der Waals surface area contributed by atoms with Crippen LogP contribution < -0.4 is 4.72 Å². The Morgan fingerprint density at radius 1 is 1.21 bits per heavy atom. The van der Waals surface area contributed by atoms with E-state index in [0.29, 0.717) is 22.4 Å². The number of fused-ring (bicyclic) bond motifs is 1. The summed E-state index contributed by atoms with van der Waals surface area (Å²) in [5.41, 5.74) is 1.65. The monoisotopic (exact) mass is 346 g/mol. The molecule has 0 aliphatic carbocycles. The average Bonchev–Trinajstić information content (AvgIpc) is 3.03. The molecule has 0 radical (unpaired) electrons. The lowest BCUT2D eigenvalue weighted by molar-refractivity contribution is 0.0526. The number of esters is 1. The van der Waals surface area contributed by atoms with E-state index in [1.54, 1.807) is 13.0 Å². The molecule has 1 heterocycles. The molecule has 1 aromatic heterocycles. The first-order valence-corrected chi connectivity index (χ1v) is 8.61. The molecule has 0 fully saturated rings. The fourth-order valence-electron chi connectivity index (χ4n) is 2.11. The first kappa shape index (κ1) is 16.0. The molecular formula is C16H14N2O5S. The summed E-state index contributed by atoms with van der Waals surface area (Å²) >= 11 is 0. The number of sulfonamides is 1. The molecule has 0 spiro atoms. The highest BCUT2D eigenvalue weighted by molar-refractivity contribution is 7.92. The SMILES string of the molecule is CCOC(=O)c1ccc(NS(=O)(=O)c2ccc3ncoc3c2)cc1. The number of benzene rings is 2. The molecule has 2 aromatic carbocycles. The smallest absolute Gasteiger partial charge is 0.338 e. The minimum atomic E-state index is -3.78. The number of carbonyl (C=O) groups is 1. The maximum Gasteiger partial charge on any atom is 0.338 e. The van der Waals surface area contributed by atoms with E-state index in [4.69, 9.17) is 9.15 Å². The summed E-state index contributed by atoms with van der Waals surface area (Å²) in [7, 11) is -3.78. The number of anilines is 1. The summed E-state index contributed by atoms with van der Waals surface area (Å²) in [4.78, 5) is 15.6. The van der Waals surface area contributed by atoms with Crippen LogP contribution in [0.4, 0.5) is 5.69 Å². The number of aromatic nitrogens is 1. The normalized spacial score (nSPS) is 11.4. The van der Waals surface area contributed by atoms with Gasteiger partial charge in [0, 0.05) is 11.8 Å². The van der Waals surface area contributed by atoms with E-state index in [1.165, 1.54) is 42.8 Å². The van der Waals surface area contributed by atoms with Crippen molar-refractivity contribution in [1.82, 2.24) is 4.98 Å². The van der Waals surface area contributed by atoms with Crippen LogP contribution in [0, 0.1) is 0 Å². The van der Waals surface area contributed by atoms with Gasteiger partial charge in [0.2, 0.25) is 0 Å². The summed E-state index contributed by atoms with van der Waals surface area (Å²) in [5, 5.41) is 0. The van der Waals surface area contributed by atoms with Crippen LogP contribution in [-0.4, -0.2) is 26.0 Å². The van der Waals surface area contributed by atoms with Crippen LogP contribution in [0.2, 0.25) is 0 Å². The second kappa shape index (κ2) is 6.32. The second-order valence-corrected chi connectivity index (χ2v) is 6.57. The Balaban J connectivity index is 1.82. The summed E-state index contributed by atoms with van der Waals surface area (Å²) in [6.45, 7) is 1.99. The molecule has 3 rings (SSSR count). The molecule has 0 saturated heterocycles. The highest BCUT2D eigenvalue weighted by Gasteiger charge is 2.16. The van der Waals surface area contributed by atoms with Crippen molar-refractivity contribution in [3.8, 4) is 0 Å². The van der Waals surface area contributed by atoms with Crippen LogP contribution in [0.15, 0.2) is 58.2 Å². The van der Waals surface area contributed by atoms with Gasteiger partial charge < -0.3 is 9.15 Å². The highest BCUT2D eigenvalue weighted by Crippen LogP contribution is 2.21. The zero-order valence-corrected chi connectivity index (χ0v) is 13.5. The molecule has 0 aliphatic rings. The molecule has 24 heavy (non-hydrogen) atoms. The van der Waals surface area contributed by atoms with Gasteiger partial charge in [-0.1, -0.05) is 0 Å². The molecule has 124 valence electrons. The third kappa shape index (κ3) is 3.23. The number of rotatable bonds is 5. The maximum absolute atomic E-state index is 12.4. The van der Waals surface area contributed by atoms with Crippen molar-refractivity contribution in [3.05, 3.63) is 54.4 Å². The van der Waals surface area contributed by atoms with E-state index >= 15 is 0 Å². The van der Waals surface area contributed by atoms with E-state index in [9.17, 15) is 13.2 Å².